The minimum Gasteiger partial charge on any atom is -0.323 e. The van der Waals surface area contributed by atoms with Crippen LogP contribution < -0.4 is 10.2 Å². The minimum atomic E-state index is -0.217. The average molecular weight is 357 g/mol. The van der Waals surface area contributed by atoms with Gasteiger partial charge in [0.15, 0.2) is 0 Å². The molecule has 0 radical (unpaired) electrons. The van der Waals surface area contributed by atoms with Gasteiger partial charge in [-0.2, -0.15) is 0 Å². The van der Waals surface area contributed by atoms with Crippen molar-refractivity contribution < 1.29 is 9.59 Å². The van der Waals surface area contributed by atoms with E-state index in [0.29, 0.717) is 11.4 Å². The molecule has 0 saturated heterocycles. The van der Waals surface area contributed by atoms with E-state index in [4.69, 9.17) is 0 Å². The summed E-state index contributed by atoms with van der Waals surface area (Å²) in [6, 6.07) is 14.9. The minimum absolute atomic E-state index is 0.0283. The summed E-state index contributed by atoms with van der Waals surface area (Å²) < 4.78 is 0.984. The molecule has 2 aromatic carbocycles. The average Bonchev–Trinajstić information content (AvgIpc) is 2.53. The third-order valence-electron chi connectivity index (χ3n) is 3.33. The molecular formula is C17H13BrN2O2. The van der Waals surface area contributed by atoms with Gasteiger partial charge in [0.2, 0.25) is 5.91 Å². The van der Waals surface area contributed by atoms with E-state index in [0.717, 1.165) is 10.0 Å². The number of carbonyl (C=O) groups is 2. The molecule has 1 aliphatic rings. The van der Waals surface area contributed by atoms with Gasteiger partial charge in [0, 0.05) is 10.5 Å². The Labute approximate surface area is 136 Å². The largest absolute Gasteiger partial charge is 0.323 e. The Kier molecular flexibility index (Phi) is 4.06. The van der Waals surface area contributed by atoms with Crippen molar-refractivity contribution in [2.24, 2.45) is 0 Å². The topological polar surface area (TPSA) is 49.4 Å². The van der Waals surface area contributed by atoms with Gasteiger partial charge in [0.25, 0.3) is 5.91 Å². The molecule has 0 unspecified atom stereocenters. The maximum absolute atomic E-state index is 12.4. The van der Waals surface area contributed by atoms with E-state index in [-0.39, 0.29) is 18.4 Å². The summed E-state index contributed by atoms with van der Waals surface area (Å²) in [4.78, 5) is 25.6. The summed E-state index contributed by atoms with van der Waals surface area (Å²) in [5.41, 5.74) is 2.29. The molecule has 0 aromatic heterocycles. The number of benzene rings is 2. The van der Waals surface area contributed by atoms with Crippen molar-refractivity contribution in [2.75, 3.05) is 16.8 Å². The van der Waals surface area contributed by atoms with Crippen molar-refractivity contribution in [1.82, 2.24) is 0 Å². The summed E-state index contributed by atoms with van der Waals surface area (Å²) in [5.74, 6) is -0.408. The van der Waals surface area contributed by atoms with E-state index in [1.165, 1.54) is 11.0 Å². The van der Waals surface area contributed by atoms with Gasteiger partial charge in [-0.15, -0.1) is 0 Å². The lowest BCUT2D eigenvalue weighted by Crippen LogP contribution is -2.41. The van der Waals surface area contributed by atoms with Gasteiger partial charge in [-0.25, -0.2) is 0 Å². The molecule has 0 fully saturated rings. The summed E-state index contributed by atoms with van der Waals surface area (Å²) >= 11 is 3.37. The molecule has 0 bridgehead atoms. The highest BCUT2D eigenvalue weighted by molar-refractivity contribution is 9.10. The van der Waals surface area contributed by atoms with Gasteiger partial charge in [-0.05, 0) is 35.9 Å². The first kappa shape index (κ1) is 14.5. The molecule has 2 aromatic rings. The molecule has 110 valence electrons. The molecule has 1 aliphatic heterocycles. The fourth-order valence-electron chi connectivity index (χ4n) is 2.26. The van der Waals surface area contributed by atoms with Gasteiger partial charge in [0.1, 0.15) is 6.54 Å². The van der Waals surface area contributed by atoms with Crippen LogP contribution in [0.15, 0.2) is 59.1 Å². The Hall–Kier alpha value is -2.40. The molecule has 0 atom stereocenters. The van der Waals surface area contributed by atoms with Crippen LogP contribution in [0.2, 0.25) is 0 Å². The Morgan fingerprint density at radius 2 is 1.86 bits per heavy atom. The van der Waals surface area contributed by atoms with Gasteiger partial charge < -0.3 is 5.32 Å². The van der Waals surface area contributed by atoms with Crippen molar-refractivity contribution in [2.45, 2.75) is 0 Å². The molecular weight excluding hydrogens is 344 g/mol. The molecule has 1 heterocycles. The molecule has 2 amide bonds. The molecule has 0 aliphatic carbocycles. The number of hydrogen-bond acceptors (Lipinski definition) is 2. The van der Waals surface area contributed by atoms with Crippen molar-refractivity contribution in [1.29, 1.82) is 0 Å². The molecule has 0 saturated carbocycles. The second-order valence-corrected chi connectivity index (χ2v) is 5.79. The van der Waals surface area contributed by atoms with Crippen LogP contribution in [0.1, 0.15) is 5.56 Å². The quantitative estimate of drug-likeness (QED) is 0.837. The second kappa shape index (κ2) is 6.15. The zero-order valence-electron chi connectivity index (χ0n) is 11.6. The third kappa shape index (κ3) is 3.09. The maximum atomic E-state index is 12.4. The molecule has 22 heavy (non-hydrogen) atoms. The summed E-state index contributed by atoms with van der Waals surface area (Å²) in [6.45, 7) is 0.0283. The van der Waals surface area contributed by atoms with Crippen LogP contribution in [0.4, 0.5) is 11.4 Å². The number of para-hydroxylation sites is 2. The van der Waals surface area contributed by atoms with E-state index >= 15 is 0 Å². The van der Waals surface area contributed by atoms with Crippen LogP contribution in [-0.2, 0) is 9.59 Å². The number of fused-ring (bicyclic) bond motifs is 1. The van der Waals surface area contributed by atoms with Crippen LogP contribution in [-0.4, -0.2) is 18.4 Å². The molecule has 3 rings (SSSR count). The third-order valence-corrected chi connectivity index (χ3v) is 3.85. The van der Waals surface area contributed by atoms with Gasteiger partial charge in [0.05, 0.1) is 11.4 Å². The van der Waals surface area contributed by atoms with E-state index in [2.05, 4.69) is 21.2 Å². The lowest BCUT2D eigenvalue weighted by Gasteiger charge is -2.28. The highest BCUT2D eigenvalue weighted by Crippen LogP contribution is 2.29. The lowest BCUT2D eigenvalue weighted by molar-refractivity contribution is -0.119. The number of rotatable bonds is 2. The van der Waals surface area contributed by atoms with Crippen LogP contribution in [0.25, 0.3) is 6.08 Å². The molecule has 5 heteroatoms. The van der Waals surface area contributed by atoms with Crippen LogP contribution in [0.5, 0.6) is 0 Å². The number of amides is 2. The van der Waals surface area contributed by atoms with Crippen molar-refractivity contribution in [3.8, 4) is 0 Å². The lowest BCUT2D eigenvalue weighted by atomic mass is 10.1. The highest BCUT2D eigenvalue weighted by Gasteiger charge is 2.24. The van der Waals surface area contributed by atoms with Crippen molar-refractivity contribution in [3.63, 3.8) is 0 Å². The van der Waals surface area contributed by atoms with Gasteiger partial charge in [-0.3, -0.25) is 14.5 Å². The number of hydrogen-bond donors (Lipinski definition) is 1. The first-order valence-electron chi connectivity index (χ1n) is 6.77. The van der Waals surface area contributed by atoms with E-state index in [1.807, 2.05) is 42.5 Å². The van der Waals surface area contributed by atoms with Gasteiger partial charge in [-0.1, -0.05) is 40.2 Å². The number of halogens is 1. The highest BCUT2D eigenvalue weighted by atomic mass is 79.9. The SMILES string of the molecule is O=C1CN(C(=O)/C=C\c2ccc(Br)cc2)c2ccccc2N1. The zero-order chi connectivity index (χ0) is 15.5. The molecule has 4 nitrogen and oxygen atoms in total. The fraction of sp³-hybridized carbons (Fsp3) is 0.0588. The predicted octanol–water partition coefficient (Wildman–Crippen LogP) is 3.45. The number of nitrogens with one attached hydrogen (secondary N) is 1. The maximum Gasteiger partial charge on any atom is 0.251 e. The number of nitrogens with zero attached hydrogens (tertiary/aromatic N) is 1. The standard InChI is InChI=1S/C17H13BrN2O2/c18-13-8-5-12(6-9-13)7-10-17(22)20-11-16(21)19-14-3-1-2-4-15(14)20/h1-10H,11H2,(H,19,21)/b10-7-. The normalized spacial score (nSPS) is 13.9. The van der Waals surface area contributed by atoms with Crippen LogP contribution in [0, 0.1) is 0 Å². The van der Waals surface area contributed by atoms with Crippen LogP contribution >= 0.6 is 15.9 Å². The smallest absolute Gasteiger partial charge is 0.251 e. The molecule has 0 spiro atoms. The second-order valence-electron chi connectivity index (χ2n) is 4.87. The van der Waals surface area contributed by atoms with Crippen molar-refractivity contribution >= 4 is 45.2 Å². The summed E-state index contributed by atoms with van der Waals surface area (Å²) in [7, 11) is 0. The first-order valence-corrected chi connectivity index (χ1v) is 7.57. The number of anilines is 2. The summed E-state index contributed by atoms with van der Waals surface area (Å²) in [6.07, 6.45) is 3.22. The number of carbonyl (C=O) groups excluding carboxylic acids is 2. The Bertz CT molecular complexity index is 754. The van der Waals surface area contributed by atoms with Crippen LogP contribution in [0.3, 0.4) is 0 Å². The first-order chi connectivity index (χ1) is 10.6. The molecule has 1 N–H and O–H groups in total. The fourth-order valence-corrected chi connectivity index (χ4v) is 2.53. The van der Waals surface area contributed by atoms with E-state index in [9.17, 15) is 9.59 Å². The zero-order valence-corrected chi connectivity index (χ0v) is 13.2. The Morgan fingerprint density at radius 3 is 2.64 bits per heavy atom. The monoisotopic (exact) mass is 356 g/mol. The summed E-state index contributed by atoms with van der Waals surface area (Å²) in [5, 5.41) is 2.76. The van der Waals surface area contributed by atoms with Gasteiger partial charge >= 0.3 is 0 Å². The Morgan fingerprint density at radius 1 is 1.14 bits per heavy atom. The van der Waals surface area contributed by atoms with Crippen molar-refractivity contribution in [3.05, 3.63) is 64.6 Å². The Balaban J connectivity index is 1.83. The predicted molar refractivity (Wildman–Crippen MR) is 90.6 cm³/mol. The van der Waals surface area contributed by atoms with E-state index < -0.39 is 0 Å². The van der Waals surface area contributed by atoms with E-state index in [1.54, 1.807) is 12.1 Å².